The minimum absolute atomic E-state index is 0.0344. The molecule has 1 rings (SSSR count). The Morgan fingerprint density at radius 2 is 1.84 bits per heavy atom. The highest BCUT2D eigenvalue weighted by atomic mass is 16.5. The van der Waals surface area contributed by atoms with E-state index >= 15 is 0 Å². The van der Waals surface area contributed by atoms with E-state index in [0.717, 1.165) is 12.2 Å². The molecule has 1 aromatic rings. The zero-order valence-corrected chi connectivity index (χ0v) is 12.4. The summed E-state index contributed by atoms with van der Waals surface area (Å²) in [7, 11) is 5.41. The number of nitrogens with one attached hydrogen (secondary N) is 1. The quantitative estimate of drug-likeness (QED) is 0.850. The van der Waals surface area contributed by atoms with Crippen LogP contribution in [0.4, 0.5) is 0 Å². The lowest BCUT2D eigenvalue weighted by Crippen LogP contribution is -2.35. The monoisotopic (exact) mass is 264 g/mol. The lowest BCUT2D eigenvalue weighted by molar-refractivity contribution is -0.135. The van der Waals surface area contributed by atoms with Crippen molar-refractivity contribution in [3.8, 4) is 5.75 Å². The molecule has 1 N–H and O–H groups in total. The van der Waals surface area contributed by atoms with E-state index in [1.807, 2.05) is 31.3 Å². The highest BCUT2D eigenvalue weighted by molar-refractivity contribution is 5.80. The largest absolute Gasteiger partial charge is 0.481 e. The van der Waals surface area contributed by atoms with Crippen molar-refractivity contribution in [3.63, 3.8) is 0 Å². The molecule has 19 heavy (non-hydrogen) atoms. The van der Waals surface area contributed by atoms with Gasteiger partial charge >= 0.3 is 0 Å². The minimum atomic E-state index is -0.461. The van der Waals surface area contributed by atoms with E-state index in [4.69, 9.17) is 4.74 Å². The van der Waals surface area contributed by atoms with Gasteiger partial charge in [-0.3, -0.25) is 4.79 Å². The lowest BCUT2D eigenvalue weighted by atomic mass is 10.1. The second-order valence-electron chi connectivity index (χ2n) is 5.03. The lowest BCUT2D eigenvalue weighted by Gasteiger charge is -2.18. The Hall–Kier alpha value is -1.55. The van der Waals surface area contributed by atoms with Gasteiger partial charge in [0.15, 0.2) is 6.10 Å². The summed E-state index contributed by atoms with van der Waals surface area (Å²) in [5.41, 5.74) is 1.25. The van der Waals surface area contributed by atoms with Gasteiger partial charge in [-0.15, -0.1) is 0 Å². The maximum Gasteiger partial charge on any atom is 0.262 e. The molecule has 0 aliphatic heterocycles. The Morgan fingerprint density at radius 1 is 1.26 bits per heavy atom. The standard InChI is InChI=1S/C15H24N2O2/c1-11(16-3)10-13-6-8-14(9-7-13)19-12(2)15(18)17(4)5/h6-9,11-12,16H,10H2,1-5H3. The molecule has 2 unspecified atom stereocenters. The number of hydrogen-bond donors (Lipinski definition) is 1. The van der Waals surface area contributed by atoms with Crippen molar-refractivity contribution in [2.45, 2.75) is 32.4 Å². The number of rotatable bonds is 6. The molecule has 0 saturated heterocycles. The second kappa shape index (κ2) is 7.14. The summed E-state index contributed by atoms with van der Waals surface area (Å²) in [5.74, 6) is 0.691. The Kier molecular flexibility index (Phi) is 5.83. The van der Waals surface area contributed by atoms with Crippen LogP contribution in [0, 0.1) is 0 Å². The van der Waals surface area contributed by atoms with E-state index in [-0.39, 0.29) is 5.91 Å². The molecule has 0 aliphatic carbocycles. The van der Waals surface area contributed by atoms with E-state index in [2.05, 4.69) is 12.2 Å². The number of ether oxygens (including phenoxy) is 1. The van der Waals surface area contributed by atoms with Gasteiger partial charge in [0.2, 0.25) is 0 Å². The predicted molar refractivity (Wildman–Crippen MR) is 77.5 cm³/mol. The van der Waals surface area contributed by atoms with Crippen molar-refractivity contribution >= 4 is 5.91 Å². The number of carbonyl (C=O) groups is 1. The van der Waals surface area contributed by atoms with E-state index in [1.165, 1.54) is 10.5 Å². The molecule has 1 aromatic carbocycles. The Morgan fingerprint density at radius 3 is 2.32 bits per heavy atom. The molecule has 0 radical (unpaired) electrons. The Labute approximate surface area is 115 Å². The average Bonchev–Trinajstić information content (AvgIpc) is 2.39. The Bertz CT molecular complexity index is 401. The second-order valence-corrected chi connectivity index (χ2v) is 5.03. The molecular formula is C15H24N2O2. The fourth-order valence-electron chi connectivity index (χ4n) is 1.78. The first kappa shape index (κ1) is 15.5. The third kappa shape index (κ3) is 4.91. The van der Waals surface area contributed by atoms with Crippen molar-refractivity contribution in [2.24, 2.45) is 0 Å². The summed E-state index contributed by atoms with van der Waals surface area (Å²) in [5, 5.41) is 3.21. The molecule has 0 heterocycles. The fraction of sp³-hybridized carbons (Fsp3) is 0.533. The van der Waals surface area contributed by atoms with Gasteiger partial charge in [-0.25, -0.2) is 0 Å². The van der Waals surface area contributed by atoms with Crippen LogP contribution >= 0.6 is 0 Å². The zero-order valence-electron chi connectivity index (χ0n) is 12.4. The summed E-state index contributed by atoms with van der Waals surface area (Å²) < 4.78 is 5.62. The molecule has 4 heteroatoms. The van der Waals surface area contributed by atoms with Gasteiger partial charge < -0.3 is 15.0 Å². The number of hydrogen-bond acceptors (Lipinski definition) is 3. The van der Waals surface area contributed by atoms with Crippen LogP contribution in [0.3, 0.4) is 0 Å². The Balaban J connectivity index is 2.59. The van der Waals surface area contributed by atoms with Gasteiger partial charge in [-0.05, 0) is 45.0 Å². The number of benzene rings is 1. The fourth-order valence-corrected chi connectivity index (χ4v) is 1.78. The van der Waals surface area contributed by atoms with Crippen LogP contribution in [0.5, 0.6) is 5.75 Å². The van der Waals surface area contributed by atoms with E-state index in [1.54, 1.807) is 21.0 Å². The van der Waals surface area contributed by atoms with Gasteiger partial charge in [0.05, 0.1) is 0 Å². The van der Waals surface area contributed by atoms with Crippen molar-refractivity contribution in [1.29, 1.82) is 0 Å². The van der Waals surface area contributed by atoms with E-state index < -0.39 is 6.10 Å². The normalized spacial score (nSPS) is 13.7. The molecule has 1 amide bonds. The molecule has 0 aromatic heterocycles. The third-order valence-corrected chi connectivity index (χ3v) is 3.06. The summed E-state index contributed by atoms with van der Waals surface area (Å²) in [4.78, 5) is 13.2. The molecule has 0 fully saturated rings. The maximum absolute atomic E-state index is 11.7. The van der Waals surface area contributed by atoms with Crippen molar-refractivity contribution < 1.29 is 9.53 Å². The van der Waals surface area contributed by atoms with Gasteiger partial charge in [-0.1, -0.05) is 12.1 Å². The van der Waals surface area contributed by atoms with Gasteiger partial charge in [0.25, 0.3) is 5.91 Å². The number of nitrogens with zero attached hydrogens (tertiary/aromatic N) is 1. The summed E-state index contributed by atoms with van der Waals surface area (Å²) in [6, 6.07) is 8.35. The van der Waals surface area contributed by atoms with Crippen LogP contribution in [-0.2, 0) is 11.2 Å². The van der Waals surface area contributed by atoms with Crippen LogP contribution in [-0.4, -0.2) is 44.1 Å². The molecule has 0 aliphatic rings. The third-order valence-electron chi connectivity index (χ3n) is 3.06. The molecular weight excluding hydrogens is 240 g/mol. The van der Waals surface area contributed by atoms with Gasteiger partial charge in [0.1, 0.15) is 5.75 Å². The molecule has 0 saturated carbocycles. The van der Waals surface area contributed by atoms with E-state index in [9.17, 15) is 4.79 Å². The zero-order chi connectivity index (χ0) is 14.4. The van der Waals surface area contributed by atoms with Crippen LogP contribution < -0.4 is 10.1 Å². The minimum Gasteiger partial charge on any atom is -0.481 e. The van der Waals surface area contributed by atoms with Gasteiger partial charge in [-0.2, -0.15) is 0 Å². The number of likely N-dealkylation sites (N-methyl/N-ethyl adjacent to an activating group) is 2. The average molecular weight is 264 g/mol. The first-order chi connectivity index (χ1) is 8.93. The topological polar surface area (TPSA) is 41.6 Å². The van der Waals surface area contributed by atoms with Crippen molar-refractivity contribution in [3.05, 3.63) is 29.8 Å². The predicted octanol–water partition coefficient (Wildman–Crippen LogP) is 1.69. The number of amides is 1. The first-order valence-electron chi connectivity index (χ1n) is 6.58. The van der Waals surface area contributed by atoms with Crippen LogP contribution in [0.15, 0.2) is 24.3 Å². The molecule has 4 nitrogen and oxygen atoms in total. The molecule has 106 valence electrons. The highest BCUT2D eigenvalue weighted by Crippen LogP contribution is 2.15. The first-order valence-corrected chi connectivity index (χ1v) is 6.58. The molecule has 0 bridgehead atoms. The highest BCUT2D eigenvalue weighted by Gasteiger charge is 2.16. The maximum atomic E-state index is 11.7. The van der Waals surface area contributed by atoms with Crippen LogP contribution in [0.25, 0.3) is 0 Å². The van der Waals surface area contributed by atoms with Crippen LogP contribution in [0.2, 0.25) is 0 Å². The van der Waals surface area contributed by atoms with Gasteiger partial charge in [0, 0.05) is 20.1 Å². The SMILES string of the molecule is CNC(C)Cc1ccc(OC(C)C(=O)N(C)C)cc1. The summed E-state index contributed by atoms with van der Waals surface area (Å²) in [6.45, 7) is 3.90. The van der Waals surface area contributed by atoms with Crippen molar-refractivity contribution in [2.75, 3.05) is 21.1 Å². The van der Waals surface area contributed by atoms with Crippen LogP contribution in [0.1, 0.15) is 19.4 Å². The smallest absolute Gasteiger partial charge is 0.262 e. The summed E-state index contributed by atoms with van der Waals surface area (Å²) in [6.07, 6.45) is 0.514. The molecule has 0 spiro atoms. The summed E-state index contributed by atoms with van der Waals surface area (Å²) >= 11 is 0. The van der Waals surface area contributed by atoms with E-state index in [0.29, 0.717) is 6.04 Å². The van der Waals surface area contributed by atoms with Crippen molar-refractivity contribution in [1.82, 2.24) is 10.2 Å². The molecule has 2 atom stereocenters. The number of carbonyl (C=O) groups excluding carboxylic acids is 1.